The lowest BCUT2D eigenvalue weighted by Crippen LogP contribution is -2.21. The first-order valence-electron chi connectivity index (χ1n) is 5.29. The summed E-state index contributed by atoms with van der Waals surface area (Å²) >= 11 is 7.82. The standard InChI is InChI=1S/C12H10ClN3S/c13-11-3-1-2-6-16(11)8-12-15-9-7-14-5-4-10(9)17-12/h1-5,7H,6,8H2. The van der Waals surface area contributed by atoms with E-state index in [0.29, 0.717) is 0 Å². The maximum atomic E-state index is 6.13. The number of hydrogen-bond acceptors (Lipinski definition) is 4. The lowest BCUT2D eigenvalue weighted by atomic mass is 10.3. The van der Waals surface area contributed by atoms with Gasteiger partial charge in [-0.25, -0.2) is 4.98 Å². The van der Waals surface area contributed by atoms with Gasteiger partial charge in [0.1, 0.15) is 10.2 Å². The topological polar surface area (TPSA) is 29.0 Å². The van der Waals surface area contributed by atoms with Crippen molar-refractivity contribution in [2.24, 2.45) is 0 Å². The molecule has 3 heterocycles. The molecule has 3 nitrogen and oxygen atoms in total. The van der Waals surface area contributed by atoms with E-state index in [1.807, 2.05) is 18.2 Å². The van der Waals surface area contributed by atoms with E-state index in [1.54, 1.807) is 23.7 Å². The van der Waals surface area contributed by atoms with Gasteiger partial charge in [0.05, 0.1) is 23.0 Å². The van der Waals surface area contributed by atoms with Crippen molar-refractivity contribution in [3.63, 3.8) is 0 Å². The van der Waals surface area contributed by atoms with Crippen LogP contribution in [-0.4, -0.2) is 21.4 Å². The molecule has 0 bridgehead atoms. The Kier molecular flexibility index (Phi) is 2.82. The Bertz CT molecular complexity index is 570. The fraction of sp³-hybridized carbons (Fsp3) is 0.167. The van der Waals surface area contributed by atoms with Gasteiger partial charge in [-0.3, -0.25) is 4.98 Å². The first kappa shape index (κ1) is 10.7. The summed E-state index contributed by atoms with van der Waals surface area (Å²) in [7, 11) is 0. The summed E-state index contributed by atoms with van der Waals surface area (Å²) in [4.78, 5) is 10.7. The quantitative estimate of drug-likeness (QED) is 0.780. The normalized spacial score (nSPS) is 15.4. The van der Waals surface area contributed by atoms with Crippen LogP contribution in [0.5, 0.6) is 0 Å². The monoisotopic (exact) mass is 263 g/mol. The predicted molar refractivity (Wildman–Crippen MR) is 70.9 cm³/mol. The molecule has 0 radical (unpaired) electrons. The van der Waals surface area contributed by atoms with E-state index in [4.69, 9.17) is 11.6 Å². The van der Waals surface area contributed by atoms with Crippen molar-refractivity contribution >= 4 is 33.2 Å². The van der Waals surface area contributed by atoms with Crippen molar-refractivity contribution in [3.05, 3.63) is 46.9 Å². The number of aromatic nitrogens is 2. The highest BCUT2D eigenvalue weighted by Crippen LogP contribution is 2.24. The fourth-order valence-electron chi connectivity index (χ4n) is 1.73. The van der Waals surface area contributed by atoms with Crippen LogP contribution in [0.25, 0.3) is 10.2 Å². The average Bonchev–Trinajstić information content (AvgIpc) is 2.74. The fourth-order valence-corrected chi connectivity index (χ4v) is 2.88. The van der Waals surface area contributed by atoms with Gasteiger partial charge in [0.25, 0.3) is 0 Å². The maximum absolute atomic E-state index is 6.13. The van der Waals surface area contributed by atoms with Gasteiger partial charge >= 0.3 is 0 Å². The molecule has 0 aromatic carbocycles. The zero-order valence-electron chi connectivity index (χ0n) is 9.01. The smallest absolute Gasteiger partial charge is 0.113 e. The molecule has 1 aliphatic rings. The molecule has 0 saturated carbocycles. The number of fused-ring (bicyclic) bond motifs is 1. The number of allylic oxidation sites excluding steroid dienone is 2. The van der Waals surface area contributed by atoms with E-state index < -0.39 is 0 Å². The number of thiazole rings is 1. The second-order valence-corrected chi connectivity index (χ2v) is 5.25. The molecule has 17 heavy (non-hydrogen) atoms. The number of halogens is 1. The third-order valence-electron chi connectivity index (χ3n) is 2.56. The molecular formula is C12H10ClN3S. The zero-order chi connectivity index (χ0) is 11.7. The Morgan fingerprint density at radius 1 is 1.47 bits per heavy atom. The van der Waals surface area contributed by atoms with Crippen LogP contribution in [0, 0.1) is 0 Å². The number of rotatable bonds is 2. The number of nitrogens with zero attached hydrogens (tertiary/aromatic N) is 3. The number of pyridine rings is 1. The lowest BCUT2D eigenvalue weighted by Gasteiger charge is -2.22. The van der Waals surface area contributed by atoms with E-state index in [-0.39, 0.29) is 0 Å². The molecule has 0 fully saturated rings. The van der Waals surface area contributed by atoms with Crippen LogP contribution in [0.2, 0.25) is 0 Å². The van der Waals surface area contributed by atoms with Crippen molar-refractivity contribution in [1.82, 2.24) is 14.9 Å². The van der Waals surface area contributed by atoms with Gasteiger partial charge in [-0.1, -0.05) is 23.8 Å². The van der Waals surface area contributed by atoms with Crippen LogP contribution in [0.4, 0.5) is 0 Å². The van der Waals surface area contributed by atoms with Crippen LogP contribution < -0.4 is 0 Å². The average molecular weight is 264 g/mol. The van der Waals surface area contributed by atoms with Crippen LogP contribution in [-0.2, 0) is 6.54 Å². The molecule has 0 N–H and O–H groups in total. The lowest BCUT2D eigenvalue weighted by molar-refractivity contribution is 0.392. The van der Waals surface area contributed by atoms with Crippen LogP contribution in [0.1, 0.15) is 5.01 Å². The molecular weight excluding hydrogens is 254 g/mol. The SMILES string of the molecule is ClC1=CC=CCN1Cc1nc2cnccc2s1. The molecule has 2 aromatic heterocycles. The summed E-state index contributed by atoms with van der Waals surface area (Å²) in [6.45, 7) is 1.59. The molecule has 1 aliphatic heterocycles. The van der Waals surface area contributed by atoms with Gasteiger partial charge in [0, 0.05) is 12.7 Å². The van der Waals surface area contributed by atoms with Crippen LogP contribution in [0.15, 0.2) is 41.8 Å². The van der Waals surface area contributed by atoms with Gasteiger partial charge < -0.3 is 4.90 Å². The van der Waals surface area contributed by atoms with E-state index in [0.717, 1.165) is 28.8 Å². The maximum Gasteiger partial charge on any atom is 0.113 e. The zero-order valence-corrected chi connectivity index (χ0v) is 10.6. The molecule has 0 atom stereocenters. The van der Waals surface area contributed by atoms with E-state index in [2.05, 4.69) is 20.9 Å². The second-order valence-electron chi connectivity index (χ2n) is 3.75. The van der Waals surface area contributed by atoms with Gasteiger partial charge in [-0.05, 0) is 12.1 Å². The Hall–Kier alpha value is -1.39. The predicted octanol–water partition coefficient (Wildman–Crippen LogP) is 3.14. The highest BCUT2D eigenvalue weighted by Gasteiger charge is 2.12. The van der Waals surface area contributed by atoms with Gasteiger partial charge in [0.2, 0.25) is 0 Å². The van der Waals surface area contributed by atoms with Crippen molar-refractivity contribution < 1.29 is 0 Å². The summed E-state index contributed by atoms with van der Waals surface area (Å²) in [6.07, 6.45) is 9.55. The van der Waals surface area contributed by atoms with Crippen molar-refractivity contribution in [2.75, 3.05) is 6.54 Å². The van der Waals surface area contributed by atoms with Crippen molar-refractivity contribution in [2.45, 2.75) is 6.54 Å². The highest BCUT2D eigenvalue weighted by atomic mass is 35.5. The Morgan fingerprint density at radius 2 is 2.41 bits per heavy atom. The summed E-state index contributed by atoms with van der Waals surface area (Å²) in [6, 6.07) is 1.99. The molecule has 2 aromatic rings. The molecule has 86 valence electrons. The third kappa shape index (κ3) is 2.18. The van der Waals surface area contributed by atoms with Crippen molar-refractivity contribution in [3.8, 4) is 0 Å². The number of hydrogen-bond donors (Lipinski definition) is 0. The van der Waals surface area contributed by atoms with Gasteiger partial charge in [-0.2, -0.15) is 0 Å². The van der Waals surface area contributed by atoms with Gasteiger partial charge in [0.15, 0.2) is 0 Å². The van der Waals surface area contributed by atoms with Crippen LogP contribution >= 0.6 is 22.9 Å². The molecule has 5 heteroatoms. The first-order chi connectivity index (χ1) is 8.33. The minimum Gasteiger partial charge on any atom is -0.352 e. The summed E-state index contributed by atoms with van der Waals surface area (Å²) in [5.41, 5.74) is 0.958. The second kappa shape index (κ2) is 4.47. The summed E-state index contributed by atoms with van der Waals surface area (Å²) < 4.78 is 1.17. The minimum atomic E-state index is 0.749. The van der Waals surface area contributed by atoms with E-state index in [1.165, 1.54) is 4.70 Å². The molecule has 3 rings (SSSR count). The molecule has 0 spiro atoms. The van der Waals surface area contributed by atoms with Crippen molar-refractivity contribution in [1.29, 1.82) is 0 Å². The van der Waals surface area contributed by atoms with E-state index in [9.17, 15) is 0 Å². The highest BCUT2D eigenvalue weighted by molar-refractivity contribution is 7.18. The third-order valence-corrected chi connectivity index (χ3v) is 3.94. The van der Waals surface area contributed by atoms with E-state index >= 15 is 0 Å². The largest absolute Gasteiger partial charge is 0.352 e. The van der Waals surface area contributed by atoms with Gasteiger partial charge in [-0.15, -0.1) is 11.3 Å². The first-order valence-corrected chi connectivity index (χ1v) is 6.49. The summed E-state index contributed by atoms with van der Waals surface area (Å²) in [5, 5.41) is 1.83. The Balaban J connectivity index is 1.85. The Morgan fingerprint density at radius 3 is 3.24 bits per heavy atom. The van der Waals surface area contributed by atoms with Crippen LogP contribution in [0.3, 0.4) is 0 Å². The molecule has 0 amide bonds. The summed E-state index contributed by atoms with van der Waals surface area (Å²) in [5.74, 6) is 0. The molecule has 0 aliphatic carbocycles. The molecule has 0 unspecified atom stereocenters. The molecule has 0 saturated heterocycles. The minimum absolute atomic E-state index is 0.749. The Labute approximate surface area is 108 Å².